The fourth-order valence-corrected chi connectivity index (χ4v) is 3.65. The average Bonchev–Trinajstić information content (AvgIpc) is 2.77. The Kier molecular flexibility index (Phi) is 1.97. The number of thiophene rings is 1. The number of aryl methyl sites for hydroxylation is 1. The summed E-state index contributed by atoms with van der Waals surface area (Å²) in [5, 5.41) is 2.74. The molecular weight excluding hydrogens is 238 g/mol. The molecule has 0 saturated heterocycles. The molecule has 18 heavy (non-hydrogen) atoms. The summed E-state index contributed by atoms with van der Waals surface area (Å²) in [5.41, 5.74) is 2.60. The van der Waals surface area contributed by atoms with Crippen molar-refractivity contribution in [3.05, 3.63) is 60.4 Å². The van der Waals surface area contributed by atoms with Crippen LogP contribution in [0.2, 0.25) is 0 Å². The van der Waals surface area contributed by atoms with E-state index in [-0.39, 0.29) is 0 Å². The topological polar surface area (TPSA) is 4.10 Å². The lowest BCUT2D eigenvalue weighted by Gasteiger charge is -1.95. The lowest BCUT2D eigenvalue weighted by atomic mass is 10.1. The second kappa shape index (κ2) is 3.53. The SMILES string of the molecule is Cc1cc[n+]2ccc3sc4ccccc4c3c2c1. The zero-order valence-corrected chi connectivity index (χ0v) is 10.9. The van der Waals surface area contributed by atoms with E-state index in [1.165, 1.54) is 31.3 Å². The minimum absolute atomic E-state index is 1.30. The molecule has 3 aromatic heterocycles. The van der Waals surface area contributed by atoms with Crippen molar-refractivity contribution >= 4 is 37.0 Å². The van der Waals surface area contributed by atoms with Crippen LogP contribution in [0.5, 0.6) is 0 Å². The normalized spacial score (nSPS) is 11.6. The summed E-state index contributed by atoms with van der Waals surface area (Å²) in [4.78, 5) is 0. The van der Waals surface area contributed by atoms with Crippen LogP contribution < -0.4 is 4.40 Å². The Balaban J connectivity index is 2.35. The van der Waals surface area contributed by atoms with Crippen LogP contribution >= 0.6 is 11.3 Å². The van der Waals surface area contributed by atoms with E-state index in [0.29, 0.717) is 0 Å². The molecule has 0 aliphatic carbocycles. The fraction of sp³-hybridized carbons (Fsp3) is 0.0625. The number of hydrogen-bond donors (Lipinski definition) is 0. The van der Waals surface area contributed by atoms with Gasteiger partial charge >= 0.3 is 0 Å². The van der Waals surface area contributed by atoms with E-state index in [1.54, 1.807) is 0 Å². The zero-order chi connectivity index (χ0) is 12.1. The number of aromatic nitrogens is 1. The van der Waals surface area contributed by atoms with Crippen LogP contribution in [0.4, 0.5) is 0 Å². The van der Waals surface area contributed by atoms with Crippen molar-refractivity contribution in [2.45, 2.75) is 6.92 Å². The van der Waals surface area contributed by atoms with Crippen LogP contribution in [0.15, 0.2) is 54.9 Å². The second-order valence-corrected chi connectivity index (χ2v) is 5.73. The van der Waals surface area contributed by atoms with Crippen LogP contribution in [-0.4, -0.2) is 0 Å². The van der Waals surface area contributed by atoms with E-state index in [0.717, 1.165) is 0 Å². The summed E-state index contributed by atoms with van der Waals surface area (Å²) in [7, 11) is 0. The molecule has 0 bridgehead atoms. The van der Waals surface area contributed by atoms with E-state index in [2.05, 4.69) is 66.2 Å². The third-order valence-corrected chi connectivity index (χ3v) is 4.54. The molecule has 4 aromatic rings. The van der Waals surface area contributed by atoms with Crippen LogP contribution in [0.1, 0.15) is 5.56 Å². The van der Waals surface area contributed by atoms with Gasteiger partial charge in [0.15, 0.2) is 12.4 Å². The van der Waals surface area contributed by atoms with Crippen LogP contribution in [0.3, 0.4) is 0 Å². The monoisotopic (exact) mass is 250 g/mol. The lowest BCUT2D eigenvalue weighted by Crippen LogP contribution is -2.20. The Labute approximate surface area is 109 Å². The summed E-state index contributed by atoms with van der Waals surface area (Å²) in [6.45, 7) is 2.15. The standard InChI is InChI=1S/C16H12NS/c1-11-6-8-17-9-7-15-16(13(17)10-11)12-4-2-3-5-14(12)18-15/h2-10H,1H3/q+1. The molecule has 0 unspecified atom stereocenters. The predicted octanol–water partition coefficient (Wildman–Crippen LogP) is 4.10. The maximum Gasteiger partial charge on any atom is 0.220 e. The third kappa shape index (κ3) is 1.30. The molecule has 4 rings (SSSR count). The number of hydrogen-bond acceptors (Lipinski definition) is 1. The summed E-state index contributed by atoms with van der Waals surface area (Å²) in [6, 6.07) is 15.3. The summed E-state index contributed by atoms with van der Waals surface area (Å²) in [5.74, 6) is 0. The Morgan fingerprint density at radius 1 is 0.944 bits per heavy atom. The number of benzene rings is 1. The molecule has 1 aromatic carbocycles. The van der Waals surface area contributed by atoms with Crippen molar-refractivity contribution in [1.82, 2.24) is 0 Å². The fourth-order valence-electron chi connectivity index (χ4n) is 2.54. The Hall–Kier alpha value is -1.93. The van der Waals surface area contributed by atoms with Gasteiger partial charge in [-0.1, -0.05) is 18.2 Å². The zero-order valence-electron chi connectivity index (χ0n) is 10.1. The molecule has 0 fully saturated rings. The molecule has 3 heterocycles. The first-order valence-corrected chi connectivity index (χ1v) is 6.86. The molecule has 1 nitrogen and oxygen atoms in total. The first-order chi connectivity index (χ1) is 8.83. The highest BCUT2D eigenvalue weighted by atomic mass is 32.1. The summed E-state index contributed by atoms with van der Waals surface area (Å²) >= 11 is 1.87. The van der Waals surface area contributed by atoms with Crippen molar-refractivity contribution in [1.29, 1.82) is 0 Å². The molecule has 0 atom stereocenters. The molecule has 0 saturated carbocycles. The van der Waals surface area contributed by atoms with Gasteiger partial charge in [0.1, 0.15) is 0 Å². The number of pyridine rings is 2. The maximum atomic E-state index is 2.27. The second-order valence-electron chi connectivity index (χ2n) is 4.65. The number of fused-ring (bicyclic) bond motifs is 5. The van der Waals surface area contributed by atoms with Gasteiger partial charge in [0.2, 0.25) is 5.52 Å². The highest BCUT2D eigenvalue weighted by Crippen LogP contribution is 2.34. The van der Waals surface area contributed by atoms with Crippen molar-refractivity contribution in [3.8, 4) is 0 Å². The highest BCUT2D eigenvalue weighted by Gasteiger charge is 2.13. The van der Waals surface area contributed by atoms with Crippen molar-refractivity contribution in [2.75, 3.05) is 0 Å². The maximum absolute atomic E-state index is 2.27. The van der Waals surface area contributed by atoms with E-state index in [1.807, 2.05) is 11.3 Å². The minimum atomic E-state index is 1.30. The van der Waals surface area contributed by atoms with Crippen molar-refractivity contribution < 1.29 is 4.40 Å². The number of rotatable bonds is 0. The van der Waals surface area contributed by atoms with E-state index >= 15 is 0 Å². The molecule has 0 amide bonds. The predicted molar refractivity (Wildman–Crippen MR) is 77.2 cm³/mol. The largest absolute Gasteiger partial charge is 0.220 e. The smallest absolute Gasteiger partial charge is 0.167 e. The van der Waals surface area contributed by atoms with Crippen molar-refractivity contribution in [2.24, 2.45) is 0 Å². The quantitative estimate of drug-likeness (QED) is 0.414. The number of nitrogens with zero attached hydrogens (tertiary/aromatic N) is 1. The summed E-state index contributed by atoms with van der Waals surface area (Å²) in [6.07, 6.45) is 4.28. The Morgan fingerprint density at radius 3 is 2.72 bits per heavy atom. The van der Waals surface area contributed by atoms with E-state index in [4.69, 9.17) is 0 Å². The van der Waals surface area contributed by atoms with Gasteiger partial charge in [-0.05, 0) is 18.6 Å². The third-order valence-electron chi connectivity index (χ3n) is 3.41. The van der Waals surface area contributed by atoms with Gasteiger partial charge in [-0.15, -0.1) is 11.3 Å². The van der Waals surface area contributed by atoms with Gasteiger partial charge in [0.25, 0.3) is 0 Å². The van der Waals surface area contributed by atoms with Crippen LogP contribution in [0.25, 0.3) is 25.7 Å². The van der Waals surface area contributed by atoms with E-state index < -0.39 is 0 Å². The first-order valence-electron chi connectivity index (χ1n) is 6.05. The average molecular weight is 250 g/mol. The van der Waals surface area contributed by atoms with Gasteiger partial charge in [-0.25, -0.2) is 0 Å². The van der Waals surface area contributed by atoms with Crippen LogP contribution in [-0.2, 0) is 0 Å². The van der Waals surface area contributed by atoms with Gasteiger partial charge in [0, 0.05) is 33.0 Å². The first kappa shape index (κ1) is 10.0. The molecular formula is C16H12NS+. The van der Waals surface area contributed by atoms with Gasteiger partial charge in [0.05, 0.1) is 5.39 Å². The Bertz CT molecular complexity index is 889. The Morgan fingerprint density at radius 2 is 1.78 bits per heavy atom. The molecule has 2 heteroatoms. The van der Waals surface area contributed by atoms with Gasteiger partial charge in [-0.3, -0.25) is 0 Å². The van der Waals surface area contributed by atoms with Gasteiger partial charge < -0.3 is 0 Å². The molecule has 0 aliphatic heterocycles. The molecule has 86 valence electrons. The van der Waals surface area contributed by atoms with Crippen molar-refractivity contribution in [3.63, 3.8) is 0 Å². The summed E-state index contributed by atoms with van der Waals surface area (Å²) < 4.78 is 4.93. The molecule has 0 aliphatic rings. The minimum Gasteiger partial charge on any atom is -0.167 e. The van der Waals surface area contributed by atoms with Crippen LogP contribution in [0, 0.1) is 6.92 Å². The van der Waals surface area contributed by atoms with Gasteiger partial charge in [-0.2, -0.15) is 4.40 Å². The molecule has 0 spiro atoms. The lowest BCUT2D eigenvalue weighted by molar-refractivity contribution is -0.510. The van der Waals surface area contributed by atoms with E-state index in [9.17, 15) is 0 Å². The molecule has 0 N–H and O–H groups in total. The molecule has 0 radical (unpaired) electrons. The highest BCUT2D eigenvalue weighted by molar-refractivity contribution is 7.25.